The third-order valence-corrected chi connectivity index (χ3v) is 7.51. The Balaban J connectivity index is 1.45. The van der Waals surface area contributed by atoms with E-state index in [1.807, 2.05) is 30.3 Å². The molecule has 0 aliphatic rings. The highest BCUT2D eigenvalue weighted by molar-refractivity contribution is 6.31. The molecule has 0 aliphatic heterocycles. The second kappa shape index (κ2) is 6.37. The fourth-order valence-electron chi connectivity index (χ4n) is 5.97. The zero-order valence-electron chi connectivity index (χ0n) is 19.1. The minimum atomic E-state index is 0.897. The first-order chi connectivity index (χ1) is 17.8. The highest BCUT2D eigenvalue weighted by atomic mass is 16.3. The van der Waals surface area contributed by atoms with Crippen LogP contribution >= 0.6 is 0 Å². The van der Waals surface area contributed by atoms with Gasteiger partial charge in [0.05, 0.1) is 22.1 Å². The summed E-state index contributed by atoms with van der Waals surface area (Å²) in [7, 11) is 0. The van der Waals surface area contributed by atoms with Crippen molar-refractivity contribution in [3.8, 4) is 11.1 Å². The van der Waals surface area contributed by atoms with Crippen LogP contribution in [-0.4, -0.2) is 14.4 Å². The molecule has 4 nitrogen and oxygen atoms in total. The van der Waals surface area contributed by atoms with E-state index < -0.39 is 0 Å². The normalized spacial score (nSPS) is 12.4. The number of benzene rings is 5. The highest BCUT2D eigenvalue weighted by Crippen LogP contribution is 2.44. The van der Waals surface area contributed by atoms with Crippen LogP contribution in [0.5, 0.6) is 0 Å². The molecule has 0 amide bonds. The van der Waals surface area contributed by atoms with Crippen molar-refractivity contribution in [2.24, 2.45) is 0 Å². The smallest absolute Gasteiger partial charge is 0.165 e. The molecular formula is C32H17N3O. The molecule has 166 valence electrons. The maximum absolute atomic E-state index is 6.42. The van der Waals surface area contributed by atoms with E-state index in [4.69, 9.17) is 14.4 Å². The lowest BCUT2D eigenvalue weighted by atomic mass is 10.0. The van der Waals surface area contributed by atoms with E-state index in [0.717, 1.165) is 60.6 Å². The van der Waals surface area contributed by atoms with Crippen LogP contribution in [-0.2, 0) is 0 Å². The first-order valence-corrected chi connectivity index (χ1v) is 12.1. The van der Waals surface area contributed by atoms with Gasteiger partial charge in [0, 0.05) is 26.9 Å². The summed E-state index contributed by atoms with van der Waals surface area (Å²) < 4.78 is 8.70. The first-order valence-electron chi connectivity index (χ1n) is 12.1. The predicted molar refractivity (Wildman–Crippen MR) is 147 cm³/mol. The molecule has 0 bridgehead atoms. The summed E-state index contributed by atoms with van der Waals surface area (Å²) >= 11 is 0. The van der Waals surface area contributed by atoms with Gasteiger partial charge in [0.2, 0.25) is 0 Å². The summed E-state index contributed by atoms with van der Waals surface area (Å²) in [6, 6.07) is 35.8. The van der Waals surface area contributed by atoms with Crippen LogP contribution in [0.3, 0.4) is 0 Å². The van der Waals surface area contributed by atoms with Crippen molar-refractivity contribution in [3.63, 3.8) is 0 Å². The molecule has 36 heavy (non-hydrogen) atoms. The van der Waals surface area contributed by atoms with Gasteiger partial charge in [-0.2, -0.15) is 0 Å². The van der Waals surface area contributed by atoms with Crippen LogP contribution in [0.25, 0.3) is 82.5 Å². The van der Waals surface area contributed by atoms with Crippen molar-refractivity contribution in [1.82, 2.24) is 14.4 Å². The largest absolute Gasteiger partial charge is 0.456 e. The summed E-state index contributed by atoms with van der Waals surface area (Å²) in [6.45, 7) is 0. The van der Waals surface area contributed by atoms with Crippen LogP contribution in [0.15, 0.2) is 108 Å². The van der Waals surface area contributed by atoms with Gasteiger partial charge in [-0.25, -0.2) is 9.97 Å². The minimum Gasteiger partial charge on any atom is -0.456 e. The number of aromatic nitrogens is 3. The van der Waals surface area contributed by atoms with Gasteiger partial charge in [0.25, 0.3) is 0 Å². The van der Waals surface area contributed by atoms with Crippen molar-refractivity contribution >= 4 is 71.3 Å². The third-order valence-electron chi connectivity index (χ3n) is 7.51. The summed E-state index contributed by atoms with van der Waals surface area (Å²) in [6.07, 6.45) is 0. The van der Waals surface area contributed by atoms with Crippen LogP contribution < -0.4 is 0 Å². The standard InChI is InChI=1S/C32H17N3O/c1-2-7-18(8-3-1)19-13-14-20-27(17-19)36-26-16-15-25-28(29(20)26)21-9-6-10-22-30-32(35(25)31(21)22)34-24-12-5-4-11-23(24)33-30/h1-17H. The van der Waals surface area contributed by atoms with E-state index in [1.165, 1.54) is 21.9 Å². The molecule has 0 atom stereocenters. The molecule has 0 aliphatic carbocycles. The lowest BCUT2D eigenvalue weighted by molar-refractivity contribution is 0.669. The molecule has 0 N–H and O–H groups in total. The zero-order chi connectivity index (χ0) is 23.4. The number of rotatable bonds is 1. The second-order valence-electron chi connectivity index (χ2n) is 9.43. The molecule has 4 heterocycles. The van der Waals surface area contributed by atoms with Crippen molar-refractivity contribution < 1.29 is 4.42 Å². The van der Waals surface area contributed by atoms with Crippen molar-refractivity contribution in [1.29, 1.82) is 0 Å². The molecule has 0 radical (unpaired) electrons. The quantitative estimate of drug-likeness (QED) is 0.248. The lowest BCUT2D eigenvalue weighted by Gasteiger charge is -2.01. The maximum atomic E-state index is 6.42. The monoisotopic (exact) mass is 459 g/mol. The summed E-state index contributed by atoms with van der Waals surface area (Å²) in [5, 5.41) is 5.82. The van der Waals surface area contributed by atoms with Gasteiger partial charge in [-0.05, 0) is 47.5 Å². The van der Waals surface area contributed by atoms with Crippen molar-refractivity contribution in [3.05, 3.63) is 103 Å². The van der Waals surface area contributed by atoms with Crippen LogP contribution in [0.1, 0.15) is 0 Å². The predicted octanol–water partition coefficient (Wildman–Crippen LogP) is 8.35. The summed E-state index contributed by atoms with van der Waals surface area (Å²) in [5.74, 6) is 0. The van der Waals surface area contributed by atoms with E-state index in [0.29, 0.717) is 0 Å². The minimum absolute atomic E-state index is 0.897. The molecule has 9 aromatic rings. The molecule has 0 unspecified atom stereocenters. The Morgan fingerprint density at radius 2 is 1.36 bits per heavy atom. The molecule has 4 heteroatoms. The Kier molecular flexibility index (Phi) is 3.25. The van der Waals surface area contributed by atoms with E-state index in [1.54, 1.807) is 0 Å². The van der Waals surface area contributed by atoms with Crippen LogP contribution in [0.4, 0.5) is 0 Å². The van der Waals surface area contributed by atoms with E-state index in [9.17, 15) is 0 Å². The van der Waals surface area contributed by atoms with Crippen molar-refractivity contribution in [2.75, 3.05) is 0 Å². The van der Waals surface area contributed by atoms with E-state index in [2.05, 4.69) is 77.2 Å². The molecule has 0 fully saturated rings. The molecule has 9 rings (SSSR count). The maximum Gasteiger partial charge on any atom is 0.165 e. The Morgan fingerprint density at radius 3 is 2.25 bits per heavy atom. The van der Waals surface area contributed by atoms with Gasteiger partial charge in [-0.1, -0.05) is 66.7 Å². The highest BCUT2D eigenvalue weighted by Gasteiger charge is 2.22. The molecule has 5 aromatic carbocycles. The number of para-hydroxylation sites is 3. The number of furan rings is 1. The lowest BCUT2D eigenvalue weighted by Crippen LogP contribution is -1.88. The van der Waals surface area contributed by atoms with Gasteiger partial charge >= 0.3 is 0 Å². The average molecular weight is 460 g/mol. The Bertz CT molecular complexity index is 2310. The molecule has 0 saturated heterocycles. The van der Waals surface area contributed by atoms with Crippen molar-refractivity contribution in [2.45, 2.75) is 0 Å². The van der Waals surface area contributed by atoms with Gasteiger partial charge in [0.15, 0.2) is 5.65 Å². The Morgan fingerprint density at radius 1 is 0.556 bits per heavy atom. The molecular weight excluding hydrogens is 442 g/mol. The zero-order valence-corrected chi connectivity index (χ0v) is 19.1. The van der Waals surface area contributed by atoms with Gasteiger partial charge in [-0.15, -0.1) is 0 Å². The molecule has 0 saturated carbocycles. The third kappa shape index (κ3) is 2.19. The molecule has 0 spiro atoms. The van der Waals surface area contributed by atoms with Crippen LogP contribution in [0.2, 0.25) is 0 Å². The van der Waals surface area contributed by atoms with E-state index in [-0.39, 0.29) is 0 Å². The van der Waals surface area contributed by atoms with Gasteiger partial charge < -0.3 is 4.42 Å². The Hall–Kier alpha value is -4.96. The van der Waals surface area contributed by atoms with Gasteiger partial charge in [-0.3, -0.25) is 4.40 Å². The fourth-order valence-corrected chi connectivity index (χ4v) is 5.97. The molecule has 4 aromatic heterocycles. The second-order valence-corrected chi connectivity index (χ2v) is 9.43. The van der Waals surface area contributed by atoms with Crippen LogP contribution in [0, 0.1) is 0 Å². The Labute approximate surface area is 204 Å². The SMILES string of the molecule is c1ccc(-c2ccc3c(c2)oc2ccc4c(c5cccc6c7nc8ccccc8nc7n4c65)c23)cc1. The fraction of sp³-hybridized carbons (Fsp3) is 0. The topological polar surface area (TPSA) is 43.3 Å². The number of hydrogen-bond acceptors (Lipinski definition) is 3. The number of nitrogens with zero attached hydrogens (tertiary/aromatic N) is 3. The average Bonchev–Trinajstić information content (AvgIpc) is 3.58. The first kappa shape index (κ1) is 18.4. The van der Waals surface area contributed by atoms with E-state index >= 15 is 0 Å². The number of hydrogen-bond donors (Lipinski definition) is 0. The number of fused-ring (bicyclic) bond motifs is 11. The summed E-state index contributed by atoms with van der Waals surface area (Å²) in [4.78, 5) is 10.1. The van der Waals surface area contributed by atoms with Gasteiger partial charge in [0.1, 0.15) is 16.7 Å². The summed E-state index contributed by atoms with van der Waals surface area (Å²) in [5.41, 5.74) is 10.1.